The summed E-state index contributed by atoms with van der Waals surface area (Å²) in [6, 6.07) is 7.83. The average Bonchev–Trinajstić information content (AvgIpc) is 2.80. The lowest BCUT2D eigenvalue weighted by atomic mass is 10.3. The van der Waals surface area contributed by atoms with E-state index in [1.807, 2.05) is 28.7 Å². The molecule has 3 aromatic rings. The fraction of sp³-hybridized carbons (Fsp3) is 0. The number of carbonyl (C=O) groups is 1. The Hall–Kier alpha value is -1.74. The first-order chi connectivity index (χ1) is 10.1. The monoisotopic (exact) mass is 413 g/mol. The average molecular weight is 413 g/mol. The van der Waals surface area contributed by atoms with Crippen LogP contribution in [0.3, 0.4) is 0 Å². The number of anilines is 2. The minimum atomic E-state index is -0.344. The summed E-state index contributed by atoms with van der Waals surface area (Å²) >= 11 is 3.25. The third-order valence-electron chi connectivity index (χ3n) is 2.87. The number of hydrogen-bond acceptors (Lipinski definition) is 4. The number of benzene rings is 1. The molecule has 2 heterocycles. The van der Waals surface area contributed by atoms with Crippen LogP contribution in [0.5, 0.6) is 0 Å². The molecule has 0 aliphatic heterocycles. The van der Waals surface area contributed by atoms with Crippen molar-refractivity contribution >= 4 is 61.4 Å². The molecule has 4 nitrogen and oxygen atoms in total. The van der Waals surface area contributed by atoms with Gasteiger partial charge >= 0.3 is 0 Å². The second-order valence-electron chi connectivity index (χ2n) is 4.27. The highest BCUT2D eigenvalue weighted by atomic mass is 127. The second-order valence-corrected chi connectivity index (χ2v) is 6.49. The highest BCUT2D eigenvalue weighted by molar-refractivity contribution is 14.1. The molecule has 1 amide bonds. The van der Waals surface area contributed by atoms with Gasteiger partial charge in [0.15, 0.2) is 0 Å². The Morgan fingerprint density at radius 1 is 1.38 bits per heavy atom. The number of hydrogen-bond donors (Lipinski definition) is 2. The molecule has 21 heavy (non-hydrogen) atoms. The van der Waals surface area contributed by atoms with Crippen molar-refractivity contribution < 1.29 is 9.18 Å². The normalized spacial score (nSPS) is 10.8. The van der Waals surface area contributed by atoms with Crippen molar-refractivity contribution in [3.05, 3.63) is 50.8 Å². The van der Waals surface area contributed by atoms with Gasteiger partial charge in [-0.2, -0.15) is 0 Å². The van der Waals surface area contributed by atoms with Gasteiger partial charge in [0.2, 0.25) is 0 Å². The number of thiophene rings is 1. The van der Waals surface area contributed by atoms with E-state index in [1.165, 1.54) is 29.5 Å². The second kappa shape index (κ2) is 5.57. The fourth-order valence-electron chi connectivity index (χ4n) is 1.89. The Bertz CT molecular complexity index is 849. The smallest absolute Gasteiger partial charge is 0.267 e. The van der Waals surface area contributed by atoms with E-state index >= 15 is 0 Å². The van der Waals surface area contributed by atoms with Crippen molar-refractivity contribution in [3.63, 3.8) is 0 Å². The van der Waals surface area contributed by atoms with E-state index in [4.69, 9.17) is 5.73 Å². The van der Waals surface area contributed by atoms with Gasteiger partial charge in [-0.25, -0.2) is 4.39 Å². The van der Waals surface area contributed by atoms with Crippen LogP contribution < -0.4 is 11.1 Å². The summed E-state index contributed by atoms with van der Waals surface area (Å²) in [4.78, 5) is 16.9. The van der Waals surface area contributed by atoms with E-state index in [2.05, 4.69) is 10.3 Å². The summed E-state index contributed by atoms with van der Waals surface area (Å²) in [6.07, 6.45) is 1.63. The molecule has 0 fully saturated rings. The number of rotatable bonds is 2. The Morgan fingerprint density at radius 2 is 2.19 bits per heavy atom. The molecule has 0 atom stereocenters. The minimum absolute atomic E-state index is 0.319. The SMILES string of the molecule is Nc1c(C(=O)Nc2ccc(F)cc2I)sc2cccnc12. The number of amides is 1. The molecular formula is C14H9FIN3OS. The molecule has 3 rings (SSSR count). The van der Waals surface area contributed by atoms with Gasteiger partial charge in [0, 0.05) is 9.77 Å². The third-order valence-corrected chi connectivity index (χ3v) is 4.92. The van der Waals surface area contributed by atoms with Crippen LogP contribution in [-0.4, -0.2) is 10.9 Å². The van der Waals surface area contributed by atoms with Gasteiger partial charge in [-0.15, -0.1) is 11.3 Å². The standard InChI is InChI=1S/C14H9FIN3OS/c15-7-3-4-9(8(16)6-7)19-14(20)13-11(17)12-10(21-13)2-1-5-18-12/h1-6H,17H2,(H,19,20). The van der Waals surface area contributed by atoms with Crippen LogP contribution in [0, 0.1) is 9.39 Å². The molecule has 0 aliphatic rings. The van der Waals surface area contributed by atoms with Gasteiger partial charge in [-0.05, 0) is 52.9 Å². The van der Waals surface area contributed by atoms with Crippen LogP contribution in [0.4, 0.5) is 15.8 Å². The molecule has 0 spiro atoms. The van der Waals surface area contributed by atoms with E-state index in [9.17, 15) is 9.18 Å². The van der Waals surface area contributed by atoms with Gasteiger partial charge in [0.1, 0.15) is 16.2 Å². The third kappa shape index (κ3) is 2.70. The molecule has 106 valence electrons. The molecular weight excluding hydrogens is 404 g/mol. The molecule has 7 heteroatoms. The van der Waals surface area contributed by atoms with E-state index < -0.39 is 0 Å². The first-order valence-electron chi connectivity index (χ1n) is 5.95. The van der Waals surface area contributed by atoms with E-state index in [1.54, 1.807) is 12.3 Å². The van der Waals surface area contributed by atoms with Gasteiger partial charge < -0.3 is 11.1 Å². The molecule has 3 N–H and O–H groups in total. The van der Waals surface area contributed by atoms with E-state index in [-0.39, 0.29) is 11.7 Å². The van der Waals surface area contributed by atoms with Crippen LogP contribution in [0.2, 0.25) is 0 Å². The van der Waals surface area contributed by atoms with Crippen LogP contribution in [0.1, 0.15) is 9.67 Å². The zero-order valence-corrected chi connectivity index (χ0v) is 13.5. The predicted octanol–water partition coefficient (Wildman–Crippen LogP) is 3.87. The zero-order chi connectivity index (χ0) is 15.0. The van der Waals surface area contributed by atoms with Gasteiger partial charge in [0.05, 0.1) is 16.1 Å². The molecule has 2 aromatic heterocycles. The van der Waals surface area contributed by atoms with Gasteiger partial charge in [-0.1, -0.05) is 0 Å². The predicted molar refractivity (Wildman–Crippen MR) is 91.1 cm³/mol. The van der Waals surface area contributed by atoms with E-state index in [0.29, 0.717) is 25.3 Å². The lowest BCUT2D eigenvalue weighted by Crippen LogP contribution is -2.13. The Labute approximate surface area is 137 Å². The summed E-state index contributed by atoms with van der Waals surface area (Å²) < 4.78 is 14.5. The van der Waals surface area contributed by atoms with Crippen molar-refractivity contribution in [1.29, 1.82) is 0 Å². The van der Waals surface area contributed by atoms with Crippen molar-refractivity contribution in [2.75, 3.05) is 11.1 Å². The molecule has 0 saturated carbocycles. The molecule has 0 radical (unpaired) electrons. The Morgan fingerprint density at radius 3 is 2.90 bits per heavy atom. The number of halogens is 2. The summed E-state index contributed by atoms with van der Waals surface area (Å²) in [7, 11) is 0. The lowest BCUT2D eigenvalue weighted by Gasteiger charge is -2.06. The van der Waals surface area contributed by atoms with Crippen molar-refractivity contribution in [3.8, 4) is 0 Å². The van der Waals surface area contributed by atoms with Gasteiger partial charge in [-0.3, -0.25) is 9.78 Å². The van der Waals surface area contributed by atoms with Crippen LogP contribution in [0.25, 0.3) is 10.2 Å². The maximum Gasteiger partial charge on any atom is 0.267 e. The molecule has 0 aliphatic carbocycles. The minimum Gasteiger partial charge on any atom is -0.396 e. The highest BCUT2D eigenvalue weighted by Gasteiger charge is 2.18. The number of nitrogens with one attached hydrogen (secondary N) is 1. The van der Waals surface area contributed by atoms with Crippen molar-refractivity contribution in [2.45, 2.75) is 0 Å². The summed E-state index contributed by atoms with van der Waals surface area (Å²) in [5, 5.41) is 2.75. The maximum absolute atomic E-state index is 13.1. The van der Waals surface area contributed by atoms with Gasteiger partial charge in [0.25, 0.3) is 5.91 Å². The first-order valence-corrected chi connectivity index (χ1v) is 7.85. The number of aromatic nitrogens is 1. The maximum atomic E-state index is 13.1. The summed E-state index contributed by atoms with van der Waals surface area (Å²) in [5.41, 5.74) is 7.52. The largest absolute Gasteiger partial charge is 0.396 e. The molecule has 0 saturated heterocycles. The lowest BCUT2D eigenvalue weighted by molar-refractivity contribution is 0.103. The molecule has 1 aromatic carbocycles. The number of fused-ring (bicyclic) bond motifs is 1. The molecule has 0 bridgehead atoms. The zero-order valence-electron chi connectivity index (χ0n) is 10.6. The Kier molecular flexibility index (Phi) is 3.77. The number of nitrogens with zero attached hydrogens (tertiary/aromatic N) is 1. The number of nitrogen functional groups attached to an aromatic ring is 1. The van der Waals surface area contributed by atoms with Crippen LogP contribution >= 0.6 is 33.9 Å². The Balaban J connectivity index is 1.95. The highest BCUT2D eigenvalue weighted by Crippen LogP contribution is 2.32. The van der Waals surface area contributed by atoms with Crippen LogP contribution in [-0.2, 0) is 0 Å². The number of pyridine rings is 1. The summed E-state index contributed by atoms with van der Waals surface area (Å²) in [5.74, 6) is -0.664. The number of nitrogens with two attached hydrogens (primary N) is 1. The van der Waals surface area contributed by atoms with Crippen molar-refractivity contribution in [1.82, 2.24) is 4.98 Å². The van der Waals surface area contributed by atoms with E-state index in [0.717, 1.165) is 4.70 Å². The summed E-state index contributed by atoms with van der Waals surface area (Å²) in [6.45, 7) is 0. The topological polar surface area (TPSA) is 68.0 Å². The number of carbonyl (C=O) groups excluding carboxylic acids is 1. The quantitative estimate of drug-likeness (QED) is 0.627. The fourth-order valence-corrected chi connectivity index (χ4v) is 3.47. The first kappa shape index (κ1) is 14.2. The van der Waals surface area contributed by atoms with Crippen molar-refractivity contribution in [2.24, 2.45) is 0 Å². The molecule has 0 unspecified atom stereocenters. The van der Waals surface area contributed by atoms with Crippen LogP contribution in [0.15, 0.2) is 36.5 Å².